The Morgan fingerprint density at radius 2 is 2.09 bits per heavy atom. The SMILES string of the molecule is CC(C)c1c(-c2ccc3nccn3c2)[nH]c2ncnn2c1=O. The van der Waals surface area contributed by atoms with Gasteiger partial charge in [-0.3, -0.25) is 4.79 Å². The lowest BCUT2D eigenvalue weighted by Gasteiger charge is -2.12. The lowest BCUT2D eigenvalue weighted by molar-refractivity contribution is 0.797. The molecule has 0 saturated carbocycles. The molecule has 4 heterocycles. The molecule has 7 heteroatoms. The number of H-pyrrole nitrogens is 1. The number of hydrogen-bond donors (Lipinski definition) is 1. The minimum Gasteiger partial charge on any atom is -0.323 e. The van der Waals surface area contributed by atoms with Crippen LogP contribution in [0.4, 0.5) is 0 Å². The van der Waals surface area contributed by atoms with Crippen molar-refractivity contribution in [1.82, 2.24) is 29.0 Å². The summed E-state index contributed by atoms with van der Waals surface area (Å²) in [6, 6.07) is 3.87. The van der Waals surface area contributed by atoms with Crippen LogP contribution >= 0.6 is 0 Å². The highest BCUT2D eigenvalue weighted by Gasteiger charge is 2.18. The fourth-order valence-electron chi connectivity index (χ4n) is 2.71. The van der Waals surface area contributed by atoms with Crippen molar-refractivity contribution in [1.29, 1.82) is 0 Å². The molecule has 0 aliphatic rings. The highest BCUT2D eigenvalue weighted by atomic mass is 16.1. The van der Waals surface area contributed by atoms with Crippen molar-refractivity contribution in [3.8, 4) is 11.3 Å². The van der Waals surface area contributed by atoms with Crippen LogP contribution < -0.4 is 5.56 Å². The second kappa shape index (κ2) is 4.52. The van der Waals surface area contributed by atoms with Gasteiger partial charge in [-0.2, -0.15) is 14.6 Å². The van der Waals surface area contributed by atoms with Crippen molar-refractivity contribution >= 4 is 11.4 Å². The van der Waals surface area contributed by atoms with Gasteiger partial charge in [0.2, 0.25) is 5.78 Å². The van der Waals surface area contributed by atoms with E-state index >= 15 is 0 Å². The van der Waals surface area contributed by atoms with Gasteiger partial charge in [-0.25, -0.2) is 4.98 Å². The van der Waals surface area contributed by atoms with Crippen molar-refractivity contribution in [2.45, 2.75) is 19.8 Å². The van der Waals surface area contributed by atoms with E-state index in [1.54, 1.807) is 6.20 Å². The molecule has 0 atom stereocenters. The minimum atomic E-state index is -0.137. The van der Waals surface area contributed by atoms with Gasteiger partial charge >= 0.3 is 0 Å². The number of nitrogens with zero attached hydrogens (tertiary/aromatic N) is 5. The zero-order chi connectivity index (χ0) is 15.3. The summed E-state index contributed by atoms with van der Waals surface area (Å²) in [5.41, 5.74) is 3.10. The Hall–Kier alpha value is -2.96. The van der Waals surface area contributed by atoms with Crippen LogP contribution in [-0.4, -0.2) is 29.0 Å². The number of nitrogens with one attached hydrogen (secondary N) is 1. The molecule has 0 amide bonds. The van der Waals surface area contributed by atoms with Crippen molar-refractivity contribution in [2.24, 2.45) is 0 Å². The Kier molecular flexibility index (Phi) is 2.62. The van der Waals surface area contributed by atoms with Crippen LogP contribution in [0.1, 0.15) is 25.3 Å². The van der Waals surface area contributed by atoms with Gasteiger partial charge in [-0.05, 0) is 18.1 Å². The second-order valence-corrected chi connectivity index (χ2v) is 5.48. The van der Waals surface area contributed by atoms with Crippen molar-refractivity contribution in [2.75, 3.05) is 0 Å². The first-order valence-corrected chi connectivity index (χ1v) is 7.04. The fourth-order valence-corrected chi connectivity index (χ4v) is 2.71. The van der Waals surface area contributed by atoms with Crippen LogP contribution in [0.25, 0.3) is 22.7 Å². The number of hydrogen-bond acceptors (Lipinski definition) is 4. The maximum absolute atomic E-state index is 12.7. The third-order valence-electron chi connectivity index (χ3n) is 3.73. The lowest BCUT2D eigenvalue weighted by Crippen LogP contribution is -2.22. The highest BCUT2D eigenvalue weighted by Crippen LogP contribution is 2.25. The number of rotatable bonds is 2. The molecule has 110 valence electrons. The van der Waals surface area contributed by atoms with E-state index in [0.29, 0.717) is 11.3 Å². The normalized spacial score (nSPS) is 11.8. The molecule has 0 spiro atoms. The number of aromatic nitrogens is 6. The summed E-state index contributed by atoms with van der Waals surface area (Å²) < 4.78 is 3.22. The van der Waals surface area contributed by atoms with E-state index < -0.39 is 0 Å². The number of fused-ring (bicyclic) bond motifs is 2. The molecule has 7 nitrogen and oxygen atoms in total. The van der Waals surface area contributed by atoms with E-state index in [-0.39, 0.29) is 11.5 Å². The molecular formula is C15H14N6O. The van der Waals surface area contributed by atoms with Crippen LogP contribution in [0.2, 0.25) is 0 Å². The van der Waals surface area contributed by atoms with E-state index in [9.17, 15) is 4.79 Å². The number of aromatic amines is 1. The van der Waals surface area contributed by atoms with Crippen LogP contribution in [0.5, 0.6) is 0 Å². The van der Waals surface area contributed by atoms with E-state index in [4.69, 9.17) is 0 Å². The van der Waals surface area contributed by atoms with Gasteiger partial charge in [-0.1, -0.05) is 13.8 Å². The summed E-state index contributed by atoms with van der Waals surface area (Å²) in [6.45, 7) is 3.99. The van der Waals surface area contributed by atoms with Crippen LogP contribution in [0, 0.1) is 0 Å². The zero-order valence-electron chi connectivity index (χ0n) is 12.2. The standard InChI is InChI=1S/C15H14N6O/c1-9(2)12-13(19-15-17-8-18-21(15)14(12)22)10-3-4-11-16-5-6-20(11)7-10/h3-9H,1-2H3,(H,17,18,19). The first-order valence-electron chi connectivity index (χ1n) is 7.04. The summed E-state index contributed by atoms with van der Waals surface area (Å²) in [4.78, 5) is 24.2. The van der Waals surface area contributed by atoms with Gasteiger partial charge < -0.3 is 9.38 Å². The predicted molar refractivity (Wildman–Crippen MR) is 81.9 cm³/mol. The predicted octanol–water partition coefficient (Wildman–Crippen LogP) is 1.86. The maximum Gasteiger partial charge on any atom is 0.279 e. The number of pyridine rings is 1. The zero-order valence-corrected chi connectivity index (χ0v) is 12.2. The Morgan fingerprint density at radius 3 is 2.91 bits per heavy atom. The van der Waals surface area contributed by atoms with Crippen molar-refractivity contribution in [3.05, 3.63) is 53.0 Å². The van der Waals surface area contributed by atoms with Gasteiger partial charge in [0.15, 0.2) is 0 Å². The Bertz CT molecular complexity index is 1040. The van der Waals surface area contributed by atoms with E-state index in [2.05, 4.69) is 20.1 Å². The molecule has 0 unspecified atom stereocenters. The molecule has 0 fully saturated rings. The monoisotopic (exact) mass is 294 g/mol. The van der Waals surface area contributed by atoms with Crippen molar-refractivity contribution in [3.63, 3.8) is 0 Å². The van der Waals surface area contributed by atoms with Crippen LogP contribution in [-0.2, 0) is 0 Å². The molecule has 1 N–H and O–H groups in total. The highest BCUT2D eigenvalue weighted by molar-refractivity contribution is 5.66. The largest absolute Gasteiger partial charge is 0.323 e. The molecule has 4 rings (SSSR count). The second-order valence-electron chi connectivity index (χ2n) is 5.48. The van der Waals surface area contributed by atoms with Crippen molar-refractivity contribution < 1.29 is 0 Å². The molecule has 0 aliphatic heterocycles. The molecule has 0 bridgehead atoms. The number of imidazole rings is 1. The fraction of sp³-hybridized carbons (Fsp3) is 0.200. The third kappa shape index (κ3) is 1.75. The molecular weight excluding hydrogens is 280 g/mol. The maximum atomic E-state index is 12.7. The summed E-state index contributed by atoms with van der Waals surface area (Å²) in [5, 5.41) is 3.98. The molecule has 0 aromatic carbocycles. The average Bonchev–Trinajstić information content (AvgIpc) is 3.14. The summed E-state index contributed by atoms with van der Waals surface area (Å²) >= 11 is 0. The summed E-state index contributed by atoms with van der Waals surface area (Å²) in [7, 11) is 0. The first-order chi connectivity index (χ1) is 10.6. The molecule has 4 aromatic rings. The van der Waals surface area contributed by atoms with Gasteiger partial charge in [0.1, 0.15) is 12.0 Å². The average molecular weight is 294 g/mol. The molecule has 0 radical (unpaired) electrons. The first kappa shape index (κ1) is 12.8. The van der Waals surface area contributed by atoms with E-state index in [0.717, 1.165) is 16.9 Å². The Morgan fingerprint density at radius 1 is 1.23 bits per heavy atom. The topological polar surface area (TPSA) is 80.3 Å². The van der Waals surface area contributed by atoms with Gasteiger partial charge in [0, 0.05) is 29.7 Å². The molecule has 22 heavy (non-hydrogen) atoms. The molecule has 0 aliphatic carbocycles. The van der Waals surface area contributed by atoms with Gasteiger partial charge in [-0.15, -0.1) is 0 Å². The minimum absolute atomic E-state index is 0.0610. The summed E-state index contributed by atoms with van der Waals surface area (Å²) in [6.07, 6.45) is 6.95. The third-order valence-corrected chi connectivity index (χ3v) is 3.73. The van der Waals surface area contributed by atoms with E-state index in [1.165, 1.54) is 10.8 Å². The Balaban J connectivity index is 2.07. The van der Waals surface area contributed by atoms with Crippen LogP contribution in [0.3, 0.4) is 0 Å². The molecule has 4 aromatic heterocycles. The van der Waals surface area contributed by atoms with Gasteiger partial charge in [0.25, 0.3) is 5.56 Å². The molecule has 0 saturated heterocycles. The summed E-state index contributed by atoms with van der Waals surface area (Å²) in [5.74, 6) is 0.501. The smallest absolute Gasteiger partial charge is 0.279 e. The lowest BCUT2D eigenvalue weighted by atomic mass is 9.99. The Labute approximate surface area is 125 Å². The van der Waals surface area contributed by atoms with Gasteiger partial charge in [0.05, 0.1) is 5.69 Å². The quantitative estimate of drug-likeness (QED) is 0.612. The van der Waals surface area contributed by atoms with Crippen LogP contribution in [0.15, 0.2) is 41.8 Å². The van der Waals surface area contributed by atoms with E-state index in [1.807, 2.05) is 42.8 Å².